The van der Waals surface area contributed by atoms with Gasteiger partial charge < -0.3 is 5.11 Å². The summed E-state index contributed by atoms with van der Waals surface area (Å²) in [5.41, 5.74) is -2.72. The first-order chi connectivity index (χ1) is 8.88. The first-order valence-corrected chi connectivity index (χ1v) is 6.03. The molecule has 1 atom stereocenters. The van der Waals surface area contributed by atoms with Crippen LogP contribution in [0.15, 0.2) is 24.3 Å². The average Bonchev–Trinajstić information content (AvgIpc) is 2.38. The Labute approximate surface area is 108 Å². The monoisotopic (exact) mass is 273 g/mol. The van der Waals surface area contributed by atoms with Gasteiger partial charge in [0.1, 0.15) is 5.54 Å². The van der Waals surface area contributed by atoms with Crippen LogP contribution in [0.5, 0.6) is 0 Å². The van der Waals surface area contributed by atoms with Crippen LogP contribution in [0.2, 0.25) is 0 Å². The molecule has 1 aromatic rings. The van der Waals surface area contributed by atoms with Crippen LogP contribution >= 0.6 is 0 Å². The molecule has 1 aliphatic heterocycles. The van der Waals surface area contributed by atoms with Crippen molar-refractivity contribution in [1.29, 1.82) is 0 Å². The highest BCUT2D eigenvalue weighted by atomic mass is 19.4. The van der Waals surface area contributed by atoms with E-state index in [1.807, 2.05) is 0 Å². The van der Waals surface area contributed by atoms with Crippen LogP contribution in [-0.2, 0) is 16.5 Å². The summed E-state index contributed by atoms with van der Waals surface area (Å²) < 4.78 is 39.0. The van der Waals surface area contributed by atoms with Gasteiger partial charge in [-0.1, -0.05) is 18.2 Å². The molecule has 1 unspecified atom stereocenters. The summed E-state index contributed by atoms with van der Waals surface area (Å²) in [6.45, 7) is 0.401. The molecule has 6 heteroatoms. The number of carbonyl (C=O) groups is 1. The predicted molar refractivity (Wildman–Crippen MR) is 62.6 cm³/mol. The maximum absolute atomic E-state index is 13.0. The third-order valence-electron chi connectivity index (χ3n) is 3.46. The molecule has 2 rings (SSSR count). The highest BCUT2D eigenvalue weighted by Crippen LogP contribution is 2.40. The molecular formula is C13H14F3NO2. The van der Waals surface area contributed by atoms with Crippen LogP contribution in [-0.4, -0.2) is 17.6 Å². The van der Waals surface area contributed by atoms with Crippen LogP contribution < -0.4 is 5.32 Å². The fraction of sp³-hybridized carbons (Fsp3) is 0.462. The summed E-state index contributed by atoms with van der Waals surface area (Å²) in [5.74, 6) is -1.26. The first-order valence-electron chi connectivity index (χ1n) is 6.03. The van der Waals surface area contributed by atoms with Crippen molar-refractivity contribution in [2.45, 2.75) is 31.0 Å². The van der Waals surface area contributed by atoms with Crippen LogP contribution in [0.4, 0.5) is 13.2 Å². The Bertz CT molecular complexity index is 479. The molecule has 1 aliphatic rings. The first kappa shape index (κ1) is 13.9. The summed E-state index contributed by atoms with van der Waals surface area (Å²) >= 11 is 0. The van der Waals surface area contributed by atoms with Gasteiger partial charge >= 0.3 is 12.1 Å². The summed E-state index contributed by atoms with van der Waals surface area (Å²) in [6.07, 6.45) is -3.04. The van der Waals surface area contributed by atoms with Crippen LogP contribution in [0.1, 0.15) is 30.4 Å². The maximum atomic E-state index is 13.0. The van der Waals surface area contributed by atoms with E-state index < -0.39 is 23.2 Å². The van der Waals surface area contributed by atoms with Gasteiger partial charge in [0.2, 0.25) is 0 Å². The number of hydrogen-bond donors (Lipinski definition) is 2. The van der Waals surface area contributed by atoms with E-state index in [0.29, 0.717) is 13.0 Å². The van der Waals surface area contributed by atoms with Gasteiger partial charge in [0, 0.05) is 0 Å². The zero-order valence-electron chi connectivity index (χ0n) is 10.1. The third kappa shape index (κ3) is 2.45. The largest absolute Gasteiger partial charge is 0.480 e. The number of alkyl halides is 3. The minimum absolute atomic E-state index is 0.162. The SMILES string of the molecule is O=C(O)C1(c2ccccc2C(F)(F)F)CCCCN1. The van der Waals surface area contributed by atoms with Gasteiger partial charge in [-0.15, -0.1) is 0 Å². The third-order valence-corrected chi connectivity index (χ3v) is 3.46. The molecule has 1 fully saturated rings. The normalized spacial score (nSPS) is 24.2. The molecule has 0 amide bonds. The number of nitrogens with one attached hydrogen (secondary N) is 1. The van der Waals surface area contributed by atoms with Gasteiger partial charge in [-0.25, -0.2) is 4.79 Å². The minimum atomic E-state index is -4.56. The lowest BCUT2D eigenvalue weighted by Gasteiger charge is -2.36. The molecule has 0 spiro atoms. The van der Waals surface area contributed by atoms with E-state index in [1.165, 1.54) is 18.2 Å². The molecule has 1 saturated heterocycles. The van der Waals surface area contributed by atoms with Crippen molar-refractivity contribution in [3.8, 4) is 0 Å². The summed E-state index contributed by atoms with van der Waals surface area (Å²) in [5, 5.41) is 12.2. The van der Waals surface area contributed by atoms with E-state index in [1.54, 1.807) is 0 Å². The second-order valence-corrected chi connectivity index (χ2v) is 4.64. The number of benzene rings is 1. The molecule has 0 radical (unpaired) electrons. The van der Waals surface area contributed by atoms with Crippen molar-refractivity contribution in [2.24, 2.45) is 0 Å². The Morgan fingerprint density at radius 2 is 1.95 bits per heavy atom. The van der Waals surface area contributed by atoms with Gasteiger partial charge in [0.15, 0.2) is 0 Å². The minimum Gasteiger partial charge on any atom is -0.480 e. The summed E-state index contributed by atoms with van der Waals surface area (Å²) in [4.78, 5) is 11.5. The summed E-state index contributed by atoms with van der Waals surface area (Å²) in [7, 11) is 0. The molecular weight excluding hydrogens is 259 g/mol. The average molecular weight is 273 g/mol. The highest BCUT2D eigenvalue weighted by Gasteiger charge is 2.46. The van der Waals surface area contributed by atoms with Gasteiger partial charge in [0.25, 0.3) is 0 Å². The van der Waals surface area contributed by atoms with E-state index in [4.69, 9.17) is 0 Å². The number of carboxylic acids is 1. The number of halogens is 3. The van der Waals surface area contributed by atoms with Gasteiger partial charge in [0.05, 0.1) is 5.56 Å². The second kappa shape index (κ2) is 4.85. The van der Waals surface area contributed by atoms with E-state index in [0.717, 1.165) is 12.5 Å². The van der Waals surface area contributed by atoms with Crippen LogP contribution in [0.25, 0.3) is 0 Å². The Hall–Kier alpha value is -1.56. The van der Waals surface area contributed by atoms with Crippen molar-refractivity contribution >= 4 is 5.97 Å². The van der Waals surface area contributed by atoms with Crippen molar-refractivity contribution in [3.63, 3.8) is 0 Å². The van der Waals surface area contributed by atoms with E-state index in [9.17, 15) is 23.1 Å². The second-order valence-electron chi connectivity index (χ2n) is 4.64. The number of carboxylic acid groups (broad SMARTS) is 1. The Morgan fingerprint density at radius 3 is 2.47 bits per heavy atom. The molecule has 0 bridgehead atoms. The Balaban J connectivity index is 2.58. The molecule has 1 heterocycles. The fourth-order valence-electron chi connectivity index (χ4n) is 2.54. The van der Waals surface area contributed by atoms with Gasteiger partial charge in [-0.2, -0.15) is 13.2 Å². The molecule has 0 aromatic heterocycles. The lowest BCUT2D eigenvalue weighted by Crippen LogP contribution is -2.52. The molecule has 0 aliphatic carbocycles. The molecule has 19 heavy (non-hydrogen) atoms. The zero-order valence-corrected chi connectivity index (χ0v) is 10.1. The standard InChI is InChI=1S/C13H14F3NO2/c14-13(15,16)10-6-2-1-5-9(10)12(11(18)19)7-3-4-8-17-12/h1-2,5-6,17H,3-4,7-8H2,(H,18,19). The lowest BCUT2D eigenvalue weighted by molar-refractivity contribution is -0.148. The number of piperidine rings is 1. The van der Waals surface area contributed by atoms with E-state index >= 15 is 0 Å². The van der Waals surface area contributed by atoms with E-state index in [2.05, 4.69) is 5.32 Å². The summed E-state index contributed by atoms with van der Waals surface area (Å²) in [6, 6.07) is 4.88. The van der Waals surface area contributed by atoms with E-state index in [-0.39, 0.29) is 12.0 Å². The molecule has 3 nitrogen and oxygen atoms in total. The van der Waals surface area contributed by atoms with Gasteiger partial charge in [-0.05, 0) is 37.4 Å². The fourth-order valence-corrected chi connectivity index (χ4v) is 2.54. The molecule has 104 valence electrons. The van der Waals surface area contributed by atoms with Crippen LogP contribution in [0.3, 0.4) is 0 Å². The maximum Gasteiger partial charge on any atom is 0.416 e. The lowest BCUT2D eigenvalue weighted by atomic mass is 9.80. The molecule has 0 saturated carbocycles. The predicted octanol–water partition coefficient (Wildman–Crippen LogP) is 2.76. The van der Waals surface area contributed by atoms with Crippen LogP contribution in [0, 0.1) is 0 Å². The quantitative estimate of drug-likeness (QED) is 0.871. The van der Waals surface area contributed by atoms with Crippen molar-refractivity contribution < 1.29 is 23.1 Å². The number of aliphatic carboxylic acids is 1. The topological polar surface area (TPSA) is 49.3 Å². The van der Waals surface area contributed by atoms with Crippen molar-refractivity contribution in [3.05, 3.63) is 35.4 Å². The molecule has 2 N–H and O–H groups in total. The van der Waals surface area contributed by atoms with Crippen molar-refractivity contribution in [2.75, 3.05) is 6.54 Å². The number of hydrogen-bond acceptors (Lipinski definition) is 2. The highest BCUT2D eigenvalue weighted by molar-refractivity contribution is 5.81. The number of rotatable bonds is 2. The van der Waals surface area contributed by atoms with Gasteiger partial charge in [-0.3, -0.25) is 5.32 Å². The molecule has 1 aromatic carbocycles. The zero-order chi connectivity index (χ0) is 14.1. The Morgan fingerprint density at radius 1 is 1.26 bits per heavy atom. The smallest absolute Gasteiger partial charge is 0.416 e. The van der Waals surface area contributed by atoms with Crippen molar-refractivity contribution in [1.82, 2.24) is 5.32 Å². The Kier molecular flexibility index (Phi) is 3.54.